The zero-order valence-corrected chi connectivity index (χ0v) is 15.2. The minimum Gasteiger partial charge on any atom is -0.478 e. The molecule has 1 heterocycles. The minimum atomic E-state index is -0.995. The van der Waals surface area contributed by atoms with Crippen LogP contribution < -0.4 is 5.32 Å². The molecule has 0 aliphatic rings. The van der Waals surface area contributed by atoms with E-state index in [1.807, 2.05) is 6.07 Å². The molecule has 0 atom stereocenters. The molecule has 0 saturated carbocycles. The highest BCUT2D eigenvalue weighted by atomic mass is 19.1. The Hall–Kier alpha value is -4.00. The number of nitrogens with one attached hydrogen (secondary N) is 1. The van der Waals surface area contributed by atoms with E-state index in [1.54, 1.807) is 47.3 Å². The van der Waals surface area contributed by atoms with Crippen LogP contribution in [-0.4, -0.2) is 26.8 Å². The van der Waals surface area contributed by atoms with Crippen LogP contribution in [0, 0.1) is 5.82 Å². The number of carbonyl (C=O) groups excluding carboxylic acids is 1. The number of nitrogens with zero attached hydrogens (tertiary/aromatic N) is 2. The molecule has 144 valence electrons. The molecule has 0 unspecified atom stereocenters. The van der Waals surface area contributed by atoms with E-state index in [2.05, 4.69) is 10.4 Å². The van der Waals surface area contributed by atoms with Crippen molar-refractivity contribution in [2.24, 2.45) is 0 Å². The molecule has 29 heavy (non-hydrogen) atoms. The molecule has 4 aromatic rings. The van der Waals surface area contributed by atoms with Crippen LogP contribution in [0.3, 0.4) is 0 Å². The number of halogens is 1. The average Bonchev–Trinajstić information content (AvgIpc) is 3.17. The van der Waals surface area contributed by atoms with Crippen molar-refractivity contribution < 1.29 is 19.1 Å². The van der Waals surface area contributed by atoms with Gasteiger partial charge in [0.1, 0.15) is 5.82 Å². The Kier molecular flexibility index (Phi) is 4.78. The summed E-state index contributed by atoms with van der Waals surface area (Å²) in [6, 6.07) is 17.6. The molecule has 6 nitrogen and oxygen atoms in total. The van der Waals surface area contributed by atoms with Gasteiger partial charge in [0.15, 0.2) is 0 Å². The molecule has 4 rings (SSSR count). The van der Waals surface area contributed by atoms with Gasteiger partial charge in [-0.05, 0) is 54.1 Å². The monoisotopic (exact) mass is 389 g/mol. The number of amides is 1. The highest BCUT2D eigenvalue weighted by molar-refractivity contribution is 6.06. The summed E-state index contributed by atoms with van der Waals surface area (Å²) >= 11 is 0. The highest BCUT2D eigenvalue weighted by Gasteiger charge is 2.14. The van der Waals surface area contributed by atoms with Crippen LogP contribution in [0.4, 0.5) is 4.39 Å². The van der Waals surface area contributed by atoms with Crippen molar-refractivity contribution in [3.8, 4) is 5.69 Å². The zero-order chi connectivity index (χ0) is 20.4. The van der Waals surface area contributed by atoms with Crippen LogP contribution in [0.2, 0.25) is 0 Å². The van der Waals surface area contributed by atoms with E-state index in [4.69, 9.17) is 5.11 Å². The number of carboxylic acid groups (broad SMARTS) is 1. The number of rotatable bonds is 5. The molecule has 0 bridgehead atoms. The minimum absolute atomic E-state index is 0.193. The molecule has 1 aromatic heterocycles. The van der Waals surface area contributed by atoms with E-state index >= 15 is 0 Å². The Morgan fingerprint density at radius 2 is 1.72 bits per heavy atom. The Morgan fingerprint density at radius 1 is 1.00 bits per heavy atom. The summed E-state index contributed by atoms with van der Waals surface area (Å²) in [4.78, 5) is 23.6. The normalized spacial score (nSPS) is 10.8. The van der Waals surface area contributed by atoms with Crippen molar-refractivity contribution in [2.45, 2.75) is 6.54 Å². The third-order valence-electron chi connectivity index (χ3n) is 4.58. The molecule has 1 amide bonds. The number of hydrogen-bond acceptors (Lipinski definition) is 3. The van der Waals surface area contributed by atoms with Gasteiger partial charge >= 0.3 is 5.97 Å². The SMILES string of the molecule is O=C(O)c1ccc(CNC(=O)c2cccc3c2cnn3-c2ccc(F)cc2)cc1. The van der Waals surface area contributed by atoms with Crippen molar-refractivity contribution in [3.63, 3.8) is 0 Å². The molecular formula is C22H16FN3O3. The van der Waals surface area contributed by atoms with Crippen LogP contribution in [0.25, 0.3) is 16.6 Å². The van der Waals surface area contributed by atoms with Crippen LogP contribution in [-0.2, 0) is 6.54 Å². The molecule has 0 fully saturated rings. The lowest BCUT2D eigenvalue weighted by atomic mass is 10.1. The van der Waals surface area contributed by atoms with Gasteiger partial charge in [-0.25, -0.2) is 13.9 Å². The second kappa shape index (κ2) is 7.55. The van der Waals surface area contributed by atoms with Crippen molar-refractivity contribution >= 4 is 22.8 Å². The molecule has 0 spiro atoms. The molecule has 0 aliphatic carbocycles. The zero-order valence-electron chi connectivity index (χ0n) is 15.2. The van der Waals surface area contributed by atoms with Gasteiger partial charge in [-0.1, -0.05) is 18.2 Å². The Bertz CT molecular complexity index is 1200. The van der Waals surface area contributed by atoms with Gasteiger partial charge in [0, 0.05) is 11.9 Å². The van der Waals surface area contributed by atoms with Crippen LogP contribution in [0.1, 0.15) is 26.3 Å². The fourth-order valence-corrected chi connectivity index (χ4v) is 3.08. The van der Waals surface area contributed by atoms with Gasteiger partial charge in [0.05, 0.1) is 28.5 Å². The lowest BCUT2D eigenvalue weighted by Crippen LogP contribution is -2.23. The lowest BCUT2D eigenvalue weighted by Gasteiger charge is -2.08. The first-order valence-corrected chi connectivity index (χ1v) is 8.86. The number of carboxylic acids is 1. The van der Waals surface area contributed by atoms with Gasteiger partial charge in [-0.15, -0.1) is 0 Å². The summed E-state index contributed by atoms with van der Waals surface area (Å²) in [7, 11) is 0. The fraction of sp³-hybridized carbons (Fsp3) is 0.0455. The summed E-state index contributed by atoms with van der Waals surface area (Å²) < 4.78 is 14.8. The maximum atomic E-state index is 13.2. The predicted molar refractivity (Wildman–Crippen MR) is 106 cm³/mol. The van der Waals surface area contributed by atoms with Crippen molar-refractivity contribution in [3.05, 3.63) is 95.4 Å². The lowest BCUT2D eigenvalue weighted by molar-refractivity contribution is 0.0696. The van der Waals surface area contributed by atoms with Gasteiger partial charge in [-0.2, -0.15) is 5.10 Å². The Morgan fingerprint density at radius 3 is 2.41 bits per heavy atom. The molecule has 0 saturated heterocycles. The molecular weight excluding hydrogens is 373 g/mol. The third kappa shape index (κ3) is 3.70. The summed E-state index contributed by atoms with van der Waals surface area (Å²) in [5.41, 5.74) is 2.88. The summed E-state index contributed by atoms with van der Waals surface area (Å²) in [5, 5.41) is 16.8. The quantitative estimate of drug-likeness (QED) is 0.544. The van der Waals surface area contributed by atoms with Crippen LogP contribution >= 0.6 is 0 Å². The first-order chi connectivity index (χ1) is 14.0. The second-order valence-corrected chi connectivity index (χ2v) is 6.46. The highest BCUT2D eigenvalue weighted by Crippen LogP contribution is 2.22. The van der Waals surface area contributed by atoms with Gasteiger partial charge in [0.2, 0.25) is 0 Å². The molecule has 0 radical (unpaired) electrons. The average molecular weight is 389 g/mol. The predicted octanol–water partition coefficient (Wildman–Crippen LogP) is 3.79. The number of aromatic nitrogens is 2. The van der Waals surface area contributed by atoms with E-state index in [0.29, 0.717) is 16.6 Å². The summed E-state index contributed by atoms with van der Waals surface area (Å²) in [6.07, 6.45) is 1.61. The van der Waals surface area contributed by atoms with Crippen LogP contribution in [0.5, 0.6) is 0 Å². The maximum absolute atomic E-state index is 13.2. The molecule has 2 N–H and O–H groups in total. The molecule has 3 aromatic carbocycles. The van der Waals surface area contributed by atoms with E-state index < -0.39 is 5.97 Å². The van der Waals surface area contributed by atoms with Gasteiger partial charge in [0.25, 0.3) is 5.91 Å². The van der Waals surface area contributed by atoms with Gasteiger partial charge in [-0.3, -0.25) is 4.79 Å². The Labute approximate surface area is 165 Å². The van der Waals surface area contributed by atoms with E-state index in [1.165, 1.54) is 24.3 Å². The van der Waals surface area contributed by atoms with Crippen molar-refractivity contribution in [2.75, 3.05) is 0 Å². The Balaban J connectivity index is 1.56. The summed E-state index contributed by atoms with van der Waals surface area (Å²) in [6.45, 7) is 0.265. The maximum Gasteiger partial charge on any atom is 0.335 e. The fourth-order valence-electron chi connectivity index (χ4n) is 3.08. The largest absolute Gasteiger partial charge is 0.478 e. The van der Waals surface area contributed by atoms with Gasteiger partial charge < -0.3 is 10.4 Å². The van der Waals surface area contributed by atoms with E-state index in [9.17, 15) is 14.0 Å². The molecule has 7 heteroatoms. The second-order valence-electron chi connectivity index (χ2n) is 6.46. The first kappa shape index (κ1) is 18.4. The van der Waals surface area contributed by atoms with Crippen molar-refractivity contribution in [1.82, 2.24) is 15.1 Å². The van der Waals surface area contributed by atoms with E-state index in [0.717, 1.165) is 11.1 Å². The number of hydrogen-bond donors (Lipinski definition) is 2. The topological polar surface area (TPSA) is 84.2 Å². The third-order valence-corrected chi connectivity index (χ3v) is 4.58. The van der Waals surface area contributed by atoms with Crippen molar-refractivity contribution in [1.29, 1.82) is 0 Å². The number of benzene rings is 3. The van der Waals surface area contributed by atoms with E-state index in [-0.39, 0.29) is 23.8 Å². The van der Waals surface area contributed by atoms with Crippen LogP contribution in [0.15, 0.2) is 72.9 Å². The standard InChI is InChI=1S/C22H16FN3O3/c23-16-8-10-17(11-9-16)26-20-3-1-2-18(19(20)13-25-26)21(27)24-12-14-4-6-15(7-5-14)22(28)29/h1-11,13H,12H2,(H,24,27)(H,28,29). The summed E-state index contributed by atoms with van der Waals surface area (Å²) in [5.74, 6) is -1.59. The number of aromatic carboxylic acids is 1. The first-order valence-electron chi connectivity index (χ1n) is 8.86. The number of carbonyl (C=O) groups is 2. The molecule has 0 aliphatic heterocycles. The smallest absolute Gasteiger partial charge is 0.335 e. The number of fused-ring (bicyclic) bond motifs is 1.